The van der Waals surface area contributed by atoms with E-state index in [-0.39, 0.29) is 0 Å². The Kier molecular flexibility index (Phi) is 8.71. The third-order valence-electron chi connectivity index (χ3n) is 2.88. The Labute approximate surface area is 131 Å². The van der Waals surface area contributed by atoms with Gasteiger partial charge in [0.2, 0.25) is 0 Å². The molecule has 6 nitrogen and oxygen atoms in total. The van der Waals surface area contributed by atoms with Crippen LogP contribution in [-0.4, -0.2) is 39.4 Å². The molecule has 0 aliphatic rings. The molecule has 122 valence electrons. The minimum Gasteiger partial charge on any atom is -0.489 e. The van der Waals surface area contributed by atoms with E-state index < -0.39 is 5.97 Å². The largest absolute Gasteiger partial charge is 0.489 e. The molecule has 0 fully saturated rings. The van der Waals surface area contributed by atoms with Gasteiger partial charge >= 0.3 is 5.97 Å². The van der Waals surface area contributed by atoms with Gasteiger partial charge in [0.15, 0.2) is 11.5 Å². The molecule has 0 spiro atoms. The van der Waals surface area contributed by atoms with Crippen molar-refractivity contribution in [3.8, 4) is 11.5 Å². The van der Waals surface area contributed by atoms with Crippen LogP contribution in [0.1, 0.15) is 18.4 Å². The van der Waals surface area contributed by atoms with Gasteiger partial charge in [0.05, 0.1) is 33.4 Å². The first-order chi connectivity index (χ1) is 10.7. The van der Waals surface area contributed by atoms with Crippen LogP contribution in [0.25, 0.3) is 6.08 Å². The lowest BCUT2D eigenvalue weighted by Crippen LogP contribution is -2.50. The highest BCUT2D eigenvalue weighted by atomic mass is 16.5. The van der Waals surface area contributed by atoms with Crippen molar-refractivity contribution in [2.75, 3.05) is 33.4 Å². The number of methoxy groups -OCH3 is 1. The second-order valence-corrected chi connectivity index (χ2v) is 4.67. The maximum absolute atomic E-state index is 11.1. The summed E-state index contributed by atoms with van der Waals surface area (Å²) in [5, 5.41) is 0. The van der Waals surface area contributed by atoms with E-state index in [0.29, 0.717) is 24.7 Å². The lowest BCUT2D eigenvalue weighted by Gasteiger charge is -2.13. The van der Waals surface area contributed by atoms with E-state index in [4.69, 9.17) is 9.47 Å². The van der Waals surface area contributed by atoms with Gasteiger partial charge in [-0.15, -0.1) is 0 Å². The van der Waals surface area contributed by atoms with E-state index in [9.17, 15) is 4.79 Å². The van der Waals surface area contributed by atoms with Crippen molar-refractivity contribution in [1.29, 1.82) is 0 Å². The van der Waals surface area contributed by atoms with Gasteiger partial charge < -0.3 is 25.7 Å². The molecule has 0 heterocycles. The molecular weight excluding hydrogens is 284 g/mol. The van der Waals surface area contributed by atoms with Crippen LogP contribution in [-0.2, 0) is 9.53 Å². The summed E-state index contributed by atoms with van der Waals surface area (Å²) in [6.45, 7) is 2.84. The lowest BCUT2D eigenvalue weighted by atomic mass is 10.2. The number of benzene rings is 1. The maximum atomic E-state index is 11.1. The molecule has 0 atom stereocenters. The fraction of sp³-hybridized carbons (Fsp3) is 0.438. The topological polar surface area (TPSA) is 100 Å². The molecule has 0 aliphatic heterocycles. The zero-order valence-electron chi connectivity index (χ0n) is 13.2. The highest BCUT2D eigenvalue weighted by molar-refractivity contribution is 5.87. The predicted octanol–water partition coefficient (Wildman–Crippen LogP) is -0.106. The summed E-state index contributed by atoms with van der Waals surface area (Å²) < 4.78 is 16.0. The third-order valence-corrected chi connectivity index (χ3v) is 2.88. The van der Waals surface area contributed by atoms with Crippen LogP contribution in [0.3, 0.4) is 0 Å². The number of hydrogen-bond donors (Lipinski definition) is 2. The SMILES string of the molecule is COC(=O)/C=C/c1ccc(OCCC[NH3+])c(OCCC[NH3+])c1. The molecule has 1 aromatic carbocycles. The average molecular weight is 310 g/mol. The molecule has 0 bridgehead atoms. The standard InChI is InChI=1S/C16H24N2O4/c1-20-16(19)7-5-13-4-6-14(21-10-2-8-17)15(12-13)22-11-3-9-18/h4-7,12H,2-3,8-11,17-18H2,1H3/p+2/b7-5+. The van der Waals surface area contributed by atoms with Crippen LogP contribution < -0.4 is 20.9 Å². The van der Waals surface area contributed by atoms with Crippen LogP contribution in [0.4, 0.5) is 0 Å². The Balaban J connectivity index is 2.82. The molecule has 0 radical (unpaired) electrons. The molecule has 0 saturated heterocycles. The molecule has 0 aliphatic carbocycles. The number of carbonyl (C=O) groups excluding carboxylic acids is 1. The van der Waals surface area contributed by atoms with Crippen molar-refractivity contribution >= 4 is 12.0 Å². The predicted molar refractivity (Wildman–Crippen MR) is 83.2 cm³/mol. The Morgan fingerprint density at radius 3 is 2.32 bits per heavy atom. The third kappa shape index (κ3) is 6.60. The zero-order valence-corrected chi connectivity index (χ0v) is 13.2. The van der Waals surface area contributed by atoms with Crippen LogP contribution in [0.2, 0.25) is 0 Å². The second kappa shape index (κ2) is 10.6. The number of hydrogen-bond acceptors (Lipinski definition) is 4. The zero-order chi connectivity index (χ0) is 16.2. The van der Waals surface area contributed by atoms with Crippen molar-refractivity contribution in [2.24, 2.45) is 0 Å². The van der Waals surface area contributed by atoms with Gasteiger partial charge in [0, 0.05) is 18.9 Å². The second-order valence-electron chi connectivity index (χ2n) is 4.67. The molecule has 1 rings (SSSR count). The molecule has 6 N–H and O–H groups in total. The summed E-state index contributed by atoms with van der Waals surface area (Å²) in [7, 11) is 1.35. The number of carbonyl (C=O) groups is 1. The smallest absolute Gasteiger partial charge is 0.330 e. The highest BCUT2D eigenvalue weighted by Crippen LogP contribution is 2.29. The monoisotopic (exact) mass is 310 g/mol. The van der Waals surface area contributed by atoms with E-state index in [2.05, 4.69) is 16.2 Å². The summed E-state index contributed by atoms with van der Waals surface area (Å²) in [6.07, 6.45) is 4.82. The molecule has 0 unspecified atom stereocenters. The summed E-state index contributed by atoms with van der Waals surface area (Å²) >= 11 is 0. The Morgan fingerprint density at radius 1 is 1.09 bits per heavy atom. The first-order valence-electron chi connectivity index (χ1n) is 7.45. The Bertz CT molecular complexity index is 489. The lowest BCUT2D eigenvalue weighted by molar-refractivity contribution is -0.369. The summed E-state index contributed by atoms with van der Waals surface area (Å²) in [5.41, 5.74) is 8.43. The van der Waals surface area contributed by atoms with E-state index in [1.54, 1.807) is 6.08 Å². The summed E-state index contributed by atoms with van der Waals surface area (Å²) in [5.74, 6) is 0.979. The number of esters is 1. The molecular formula is C16H26N2O4+2. The van der Waals surface area contributed by atoms with Gasteiger partial charge in [0.1, 0.15) is 0 Å². The highest BCUT2D eigenvalue weighted by Gasteiger charge is 2.07. The van der Waals surface area contributed by atoms with Gasteiger partial charge in [-0.2, -0.15) is 0 Å². The normalized spacial score (nSPS) is 10.7. The Hall–Kier alpha value is -2.05. The molecule has 22 heavy (non-hydrogen) atoms. The van der Waals surface area contributed by atoms with E-state index in [1.165, 1.54) is 13.2 Å². The van der Waals surface area contributed by atoms with Crippen LogP contribution in [0.15, 0.2) is 24.3 Å². The summed E-state index contributed by atoms with van der Waals surface area (Å²) in [6, 6.07) is 5.56. The average Bonchev–Trinajstić information content (AvgIpc) is 2.54. The molecule has 1 aromatic rings. The van der Waals surface area contributed by atoms with Crippen LogP contribution >= 0.6 is 0 Å². The first kappa shape index (κ1) is 18.0. The number of ether oxygens (including phenoxy) is 3. The van der Waals surface area contributed by atoms with E-state index in [0.717, 1.165) is 31.5 Å². The number of quaternary nitrogens is 2. The quantitative estimate of drug-likeness (QED) is 0.358. The Morgan fingerprint density at radius 2 is 1.73 bits per heavy atom. The van der Waals surface area contributed by atoms with Gasteiger partial charge in [-0.3, -0.25) is 0 Å². The summed E-state index contributed by atoms with van der Waals surface area (Å²) in [4.78, 5) is 11.1. The molecule has 0 aromatic heterocycles. The van der Waals surface area contributed by atoms with E-state index in [1.807, 2.05) is 18.2 Å². The van der Waals surface area contributed by atoms with Gasteiger partial charge in [0.25, 0.3) is 0 Å². The van der Waals surface area contributed by atoms with Crippen molar-refractivity contribution in [1.82, 2.24) is 0 Å². The van der Waals surface area contributed by atoms with Gasteiger partial charge in [-0.25, -0.2) is 4.79 Å². The van der Waals surface area contributed by atoms with Crippen molar-refractivity contribution in [2.45, 2.75) is 12.8 Å². The number of rotatable bonds is 10. The molecule has 6 heteroatoms. The van der Waals surface area contributed by atoms with Gasteiger partial charge in [-0.1, -0.05) is 6.07 Å². The minimum atomic E-state index is -0.393. The van der Waals surface area contributed by atoms with Gasteiger partial charge in [-0.05, 0) is 23.8 Å². The molecule has 0 amide bonds. The maximum Gasteiger partial charge on any atom is 0.330 e. The van der Waals surface area contributed by atoms with Crippen LogP contribution in [0, 0.1) is 0 Å². The van der Waals surface area contributed by atoms with Crippen molar-refractivity contribution in [3.05, 3.63) is 29.8 Å². The fourth-order valence-corrected chi connectivity index (χ4v) is 1.66. The van der Waals surface area contributed by atoms with Crippen molar-refractivity contribution < 1.29 is 30.5 Å². The first-order valence-corrected chi connectivity index (χ1v) is 7.45. The van der Waals surface area contributed by atoms with Crippen molar-refractivity contribution in [3.63, 3.8) is 0 Å². The molecule has 0 saturated carbocycles. The fourth-order valence-electron chi connectivity index (χ4n) is 1.66. The minimum absolute atomic E-state index is 0.393. The van der Waals surface area contributed by atoms with Crippen LogP contribution in [0.5, 0.6) is 11.5 Å². The van der Waals surface area contributed by atoms with E-state index >= 15 is 0 Å².